The van der Waals surface area contributed by atoms with Crippen LogP contribution < -0.4 is 0 Å². The first-order valence-corrected chi connectivity index (χ1v) is 7.49. The zero-order valence-corrected chi connectivity index (χ0v) is 12.6. The van der Waals surface area contributed by atoms with Crippen LogP contribution in [0.15, 0.2) is 34.0 Å². The number of sulfonamides is 1. The van der Waals surface area contributed by atoms with Crippen LogP contribution in [0, 0.1) is 5.82 Å². The smallest absolute Gasteiger partial charge is 0.260 e. The van der Waals surface area contributed by atoms with Crippen LogP contribution in [-0.4, -0.2) is 36.8 Å². The van der Waals surface area contributed by atoms with Gasteiger partial charge in [0.1, 0.15) is 11.5 Å². The van der Waals surface area contributed by atoms with Crippen LogP contribution in [0.4, 0.5) is 4.39 Å². The van der Waals surface area contributed by atoms with Gasteiger partial charge in [0.2, 0.25) is 0 Å². The minimum Gasteiger partial charge on any atom is -0.322 e. The Morgan fingerprint density at radius 1 is 1.26 bits per heavy atom. The lowest BCUT2D eigenvalue weighted by Crippen LogP contribution is -2.23. The van der Waals surface area contributed by atoms with E-state index in [1.165, 1.54) is 38.4 Å². The van der Waals surface area contributed by atoms with Crippen LogP contribution in [0.1, 0.15) is 0 Å². The standard InChI is InChI=1S/C11H11BrFN3O2S/c1-16(2)19(17,18)10-9(14-11(12)15-10)7-3-5-8(13)6-4-7/h3-6H,1-2H3,(H,14,15). The molecule has 1 aromatic heterocycles. The molecule has 0 radical (unpaired) electrons. The number of nitrogens with one attached hydrogen (secondary N) is 1. The maximum Gasteiger partial charge on any atom is 0.260 e. The average Bonchev–Trinajstić information content (AvgIpc) is 2.72. The Labute approximate surface area is 118 Å². The normalized spacial score (nSPS) is 12.1. The minimum absolute atomic E-state index is 0.0315. The first kappa shape index (κ1) is 14.2. The maximum atomic E-state index is 12.9. The van der Waals surface area contributed by atoms with Crippen molar-refractivity contribution in [1.82, 2.24) is 14.3 Å². The third-order valence-electron chi connectivity index (χ3n) is 2.50. The molecule has 2 rings (SSSR count). The van der Waals surface area contributed by atoms with Crippen molar-refractivity contribution in [3.8, 4) is 11.3 Å². The Morgan fingerprint density at radius 2 is 1.84 bits per heavy atom. The summed E-state index contributed by atoms with van der Waals surface area (Å²) in [7, 11) is -0.795. The fourth-order valence-corrected chi connectivity index (χ4v) is 3.01. The van der Waals surface area contributed by atoms with Gasteiger partial charge in [-0.05, 0) is 40.2 Å². The Balaban J connectivity index is 2.63. The van der Waals surface area contributed by atoms with E-state index in [1.807, 2.05) is 0 Å². The summed E-state index contributed by atoms with van der Waals surface area (Å²) < 4.78 is 38.6. The zero-order valence-electron chi connectivity index (χ0n) is 10.2. The molecular weight excluding hydrogens is 337 g/mol. The van der Waals surface area contributed by atoms with Crippen molar-refractivity contribution in [2.24, 2.45) is 0 Å². The monoisotopic (exact) mass is 347 g/mol. The second-order valence-corrected chi connectivity index (χ2v) is 6.84. The topological polar surface area (TPSA) is 66.1 Å². The van der Waals surface area contributed by atoms with Crippen LogP contribution in [0.5, 0.6) is 0 Å². The molecular formula is C11H11BrFN3O2S. The number of rotatable bonds is 3. The number of imidazole rings is 1. The van der Waals surface area contributed by atoms with E-state index in [2.05, 4.69) is 25.9 Å². The molecule has 0 aliphatic rings. The molecule has 0 fully saturated rings. The molecule has 0 amide bonds. The highest BCUT2D eigenvalue weighted by Crippen LogP contribution is 2.28. The number of H-pyrrole nitrogens is 1. The number of aromatic amines is 1. The highest BCUT2D eigenvalue weighted by atomic mass is 79.9. The molecule has 1 N–H and O–H groups in total. The quantitative estimate of drug-likeness (QED) is 0.925. The summed E-state index contributed by atoms with van der Waals surface area (Å²) in [4.78, 5) is 6.75. The zero-order chi connectivity index (χ0) is 14.2. The van der Waals surface area contributed by atoms with E-state index in [-0.39, 0.29) is 10.7 Å². The highest BCUT2D eigenvalue weighted by molar-refractivity contribution is 9.10. The summed E-state index contributed by atoms with van der Waals surface area (Å²) >= 11 is 3.11. The van der Waals surface area contributed by atoms with Gasteiger partial charge in [-0.2, -0.15) is 0 Å². The van der Waals surface area contributed by atoms with Gasteiger partial charge in [-0.1, -0.05) is 0 Å². The molecule has 102 valence electrons. The molecule has 0 aliphatic carbocycles. The molecule has 0 atom stereocenters. The van der Waals surface area contributed by atoms with Crippen molar-refractivity contribution in [2.45, 2.75) is 5.03 Å². The molecule has 0 aliphatic heterocycles. The lowest BCUT2D eigenvalue weighted by atomic mass is 10.2. The number of nitrogens with zero attached hydrogens (tertiary/aromatic N) is 2. The fourth-order valence-electron chi connectivity index (χ4n) is 1.50. The average molecular weight is 348 g/mol. The summed E-state index contributed by atoms with van der Waals surface area (Å²) in [6, 6.07) is 5.47. The second kappa shape index (κ2) is 5.03. The molecule has 5 nitrogen and oxygen atoms in total. The summed E-state index contributed by atoms with van der Waals surface area (Å²) in [5.41, 5.74) is 0.768. The molecule has 0 saturated heterocycles. The molecule has 0 spiro atoms. The first-order valence-electron chi connectivity index (χ1n) is 5.26. The van der Waals surface area contributed by atoms with E-state index in [0.29, 0.717) is 10.3 Å². The van der Waals surface area contributed by atoms with E-state index < -0.39 is 15.8 Å². The largest absolute Gasteiger partial charge is 0.322 e. The molecule has 8 heteroatoms. The van der Waals surface area contributed by atoms with Gasteiger partial charge in [-0.25, -0.2) is 22.1 Å². The predicted octanol–water partition coefficient (Wildman–Crippen LogP) is 2.23. The molecule has 1 heterocycles. The van der Waals surface area contributed by atoms with Crippen LogP contribution in [-0.2, 0) is 10.0 Å². The first-order chi connectivity index (χ1) is 8.82. The molecule has 0 saturated carbocycles. The Morgan fingerprint density at radius 3 is 2.37 bits per heavy atom. The number of aromatic nitrogens is 2. The van der Waals surface area contributed by atoms with Gasteiger partial charge in [-0.3, -0.25) is 0 Å². The Kier molecular flexibility index (Phi) is 3.75. The van der Waals surface area contributed by atoms with Gasteiger partial charge in [-0.15, -0.1) is 0 Å². The summed E-state index contributed by atoms with van der Waals surface area (Å²) in [5.74, 6) is -0.393. The van der Waals surface area contributed by atoms with Gasteiger partial charge in [0.25, 0.3) is 10.0 Å². The lowest BCUT2D eigenvalue weighted by molar-refractivity contribution is 0.518. The van der Waals surface area contributed by atoms with Gasteiger partial charge in [0.15, 0.2) is 9.76 Å². The van der Waals surface area contributed by atoms with Crippen LogP contribution in [0.25, 0.3) is 11.3 Å². The Bertz CT molecular complexity index is 695. The van der Waals surface area contributed by atoms with Crippen LogP contribution in [0.3, 0.4) is 0 Å². The van der Waals surface area contributed by atoms with Crippen molar-refractivity contribution >= 4 is 26.0 Å². The van der Waals surface area contributed by atoms with Gasteiger partial charge < -0.3 is 4.98 Å². The van der Waals surface area contributed by atoms with E-state index in [4.69, 9.17) is 0 Å². The van der Waals surface area contributed by atoms with E-state index in [0.717, 1.165) is 4.31 Å². The number of hydrogen-bond donors (Lipinski definition) is 1. The SMILES string of the molecule is CN(C)S(=O)(=O)c1[nH]c(Br)nc1-c1ccc(F)cc1. The number of hydrogen-bond acceptors (Lipinski definition) is 3. The second-order valence-electron chi connectivity index (χ2n) is 4.00. The molecule has 0 bridgehead atoms. The molecule has 2 aromatic rings. The van der Waals surface area contributed by atoms with Crippen molar-refractivity contribution < 1.29 is 12.8 Å². The Hall–Kier alpha value is -1.25. The third kappa shape index (κ3) is 2.70. The highest BCUT2D eigenvalue weighted by Gasteiger charge is 2.25. The van der Waals surface area contributed by atoms with Crippen molar-refractivity contribution in [2.75, 3.05) is 14.1 Å². The van der Waals surface area contributed by atoms with Gasteiger partial charge in [0.05, 0.1) is 0 Å². The molecule has 19 heavy (non-hydrogen) atoms. The summed E-state index contributed by atoms with van der Waals surface area (Å²) in [5, 5.41) is -0.0315. The van der Waals surface area contributed by atoms with Crippen LogP contribution >= 0.6 is 15.9 Å². The van der Waals surface area contributed by atoms with Crippen LogP contribution in [0.2, 0.25) is 0 Å². The van der Waals surface area contributed by atoms with E-state index in [9.17, 15) is 12.8 Å². The van der Waals surface area contributed by atoms with Crippen molar-refractivity contribution in [1.29, 1.82) is 0 Å². The summed E-state index contributed by atoms with van der Waals surface area (Å²) in [6.07, 6.45) is 0. The third-order valence-corrected chi connectivity index (χ3v) is 4.65. The molecule has 0 unspecified atom stereocenters. The van der Waals surface area contributed by atoms with Gasteiger partial charge in [0, 0.05) is 19.7 Å². The number of halogens is 2. The maximum absolute atomic E-state index is 12.9. The minimum atomic E-state index is -3.65. The predicted molar refractivity (Wildman–Crippen MR) is 72.6 cm³/mol. The number of benzene rings is 1. The fraction of sp³-hybridized carbons (Fsp3) is 0.182. The van der Waals surface area contributed by atoms with Crippen molar-refractivity contribution in [3.05, 3.63) is 34.8 Å². The van der Waals surface area contributed by atoms with E-state index >= 15 is 0 Å². The lowest BCUT2D eigenvalue weighted by Gasteiger charge is -2.10. The molecule has 1 aromatic carbocycles. The van der Waals surface area contributed by atoms with E-state index in [1.54, 1.807) is 0 Å². The summed E-state index contributed by atoms with van der Waals surface area (Å²) in [6.45, 7) is 0. The van der Waals surface area contributed by atoms with Crippen molar-refractivity contribution in [3.63, 3.8) is 0 Å². The van der Waals surface area contributed by atoms with Gasteiger partial charge >= 0.3 is 0 Å².